The van der Waals surface area contributed by atoms with Gasteiger partial charge in [-0.2, -0.15) is 0 Å². The van der Waals surface area contributed by atoms with Crippen molar-refractivity contribution in [2.24, 2.45) is 0 Å². The molecule has 0 spiro atoms. The van der Waals surface area contributed by atoms with E-state index in [1.54, 1.807) is 56.3 Å². The maximum absolute atomic E-state index is 13.4. The van der Waals surface area contributed by atoms with E-state index in [1.165, 1.54) is 28.8 Å². The number of hydrogen-bond donors (Lipinski definition) is 2. The van der Waals surface area contributed by atoms with Crippen molar-refractivity contribution in [3.05, 3.63) is 83.8 Å². The fraction of sp³-hybridized carbons (Fsp3) is 0.208. The van der Waals surface area contributed by atoms with Crippen molar-refractivity contribution in [2.75, 3.05) is 17.5 Å². The minimum Gasteiger partial charge on any atom is -0.467 e. The zero-order chi connectivity index (χ0) is 25.4. The number of hydrogen-bond acceptors (Lipinski definition) is 7. The Morgan fingerprint density at radius 3 is 2.43 bits per heavy atom. The van der Waals surface area contributed by atoms with Crippen molar-refractivity contribution in [2.45, 2.75) is 25.3 Å². The summed E-state index contributed by atoms with van der Waals surface area (Å²) in [5, 5.41) is 4.44. The van der Waals surface area contributed by atoms with Gasteiger partial charge >= 0.3 is 12.0 Å². The SMILES string of the molecule is CCN(c1ccccc1)S(=O)(=O)c1cc(C(=O)OCC(=O)NC(=O)NCc2ccco2)ccc1C. The number of ether oxygens (including phenoxy) is 1. The first-order chi connectivity index (χ1) is 16.7. The van der Waals surface area contributed by atoms with E-state index in [2.05, 4.69) is 5.32 Å². The highest BCUT2D eigenvalue weighted by molar-refractivity contribution is 7.92. The number of anilines is 1. The van der Waals surface area contributed by atoms with E-state index in [0.29, 0.717) is 17.0 Å². The molecule has 2 aromatic carbocycles. The number of imide groups is 1. The normalized spacial score (nSPS) is 10.9. The van der Waals surface area contributed by atoms with Gasteiger partial charge in [0.05, 0.1) is 29.0 Å². The number of sulfonamides is 1. The number of amides is 3. The fourth-order valence-electron chi connectivity index (χ4n) is 3.21. The summed E-state index contributed by atoms with van der Waals surface area (Å²) >= 11 is 0. The highest BCUT2D eigenvalue weighted by Crippen LogP contribution is 2.26. The third kappa shape index (κ3) is 6.48. The van der Waals surface area contributed by atoms with Crippen molar-refractivity contribution in [1.29, 1.82) is 0 Å². The van der Waals surface area contributed by atoms with Crippen LogP contribution in [0, 0.1) is 6.92 Å². The zero-order valence-electron chi connectivity index (χ0n) is 19.2. The third-order valence-electron chi connectivity index (χ3n) is 4.91. The van der Waals surface area contributed by atoms with Gasteiger partial charge in [0.1, 0.15) is 5.76 Å². The van der Waals surface area contributed by atoms with Gasteiger partial charge < -0.3 is 14.5 Å². The summed E-state index contributed by atoms with van der Waals surface area (Å²) in [5.41, 5.74) is 0.889. The molecule has 0 saturated heterocycles. The molecule has 3 aromatic rings. The average molecular weight is 500 g/mol. The molecule has 11 heteroatoms. The van der Waals surface area contributed by atoms with Crippen LogP contribution in [-0.2, 0) is 26.1 Å². The molecule has 0 bridgehead atoms. The molecule has 0 unspecified atom stereocenters. The van der Waals surface area contributed by atoms with Gasteiger partial charge in [-0.3, -0.25) is 14.4 Å². The molecule has 0 saturated carbocycles. The standard InChI is InChI=1S/C24H25N3O7S/c1-3-27(19-8-5-4-6-9-19)35(31,32)21-14-18(12-11-17(21)2)23(29)34-16-22(28)26-24(30)25-15-20-10-7-13-33-20/h4-14H,3,15-16H2,1-2H3,(H2,25,26,28,30). The Morgan fingerprint density at radius 2 is 1.77 bits per heavy atom. The minimum absolute atomic E-state index is 0.0478. The number of urea groups is 1. The van der Waals surface area contributed by atoms with Crippen LogP contribution in [0.5, 0.6) is 0 Å². The quantitative estimate of drug-likeness (QED) is 0.432. The molecule has 0 atom stereocenters. The summed E-state index contributed by atoms with van der Waals surface area (Å²) in [5.74, 6) is -1.26. The number of furan rings is 1. The summed E-state index contributed by atoms with van der Waals surface area (Å²) in [4.78, 5) is 36.1. The molecule has 3 amide bonds. The van der Waals surface area contributed by atoms with Gasteiger partial charge in [-0.05, 0) is 55.8 Å². The van der Waals surface area contributed by atoms with Gasteiger partial charge in [0.15, 0.2) is 6.61 Å². The van der Waals surface area contributed by atoms with Gasteiger partial charge in [0, 0.05) is 6.54 Å². The van der Waals surface area contributed by atoms with Crippen molar-refractivity contribution in [3.8, 4) is 0 Å². The van der Waals surface area contributed by atoms with E-state index in [1.807, 2.05) is 5.32 Å². The van der Waals surface area contributed by atoms with Crippen molar-refractivity contribution in [1.82, 2.24) is 10.6 Å². The van der Waals surface area contributed by atoms with Gasteiger partial charge in [0.25, 0.3) is 15.9 Å². The van der Waals surface area contributed by atoms with Crippen LogP contribution in [0.2, 0.25) is 0 Å². The Morgan fingerprint density at radius 1 is 1.03 bits per heavy atom. The Labute approximate surface area is 202 Å². The van der Waals surface area contributed by atoms with Crippen LogP contribution in [-0.4, -0.2) is 39.5 Å². The number of esters is 1. The largest absolute Gasteiger partial charge is 0.467 e. The van der Waals surface area contributed by atoms with E-state index < -0.39 is 34.5 Å². The molecule has 1 aromatic heterocycles. The number of carbonyl (C=O) groups is 3. The predicted octanol–water partition coefficient (Wildman–Crippen LogP) is 2.99. The molecule has 0 aliphatic rings. The summed E-state index contributed by atoms with van der Waals surface area (Å²) in [7, 11) is -3.98. The first-order valence-electron chi connectivity index (χ1n) is 10.7. The Kier molecular flexibility index (Phi) is 8.26. The van der Waals surface area contributed by atoms with Crippen molar-refractivity contribution in [3.63, 3.8) is 0 Å². The lowest BCUT2D eigenvalue weighted by Gasteiger charge is -2.24. The number of nitrogens with one attached hydrogen (secondary N) is 2. The first kappa shape index (κ1) is 25.5. The van der Waals surface area contributed by atoms with E-state index in [9.17, 15) is 22.8 Å². The Hall–Kier alpha value is -4.12. The summed E-state index contributed by atoms with van der Waals surface area (Å²) < 4.78 is 38.0. The molecule has 1 heterocycles. The maximum Gasteiger partial charge on any atom is 0.338 e. The van der Waals surface area contributed by atoms with Crippen LogP contribution in [0.25, 0.3) is 0 Å². The molecule has 3 rings (SSSR count). The number of carbonyl (C=O) groups excluding carboxylic acids is 3. The lowest BCUT2D eigenvalue weighted by Crippen LogP contribution is -2.41. The number of aryl methyl sites for hydroxylation is 1. The molecule has 10 nitrogen and oxygen atoms in total. The summed E-state index contributed by atoms with van der Waals surface area (Å²) in [6, 6.07) is 15.2. The van der Waals surface area contributed by atoms with E-state index >= 15 is 0 Å². The van der Waals surface area contributed by atoms with Crippen LogP contribution >= 0.6 is 0 Å². The third-order valence-corrected chi connectivity index (χ3v) is 6.96. The molecule has 184 valence electrons. The van der Waals surface area contributed by atoms with E-state index in [4.69, 9.17) is 9.15 Å². The lowest BCUT2D eigenvalue weighted by molar-refractivity contribution is -0.123. The highest BCUT2D eigenvalue weighted by atomic mass is 32.2. The highest BCUT2D eigenvalue weighted by Gasteiger charge is 2.26. The van der Waals surface area contributed by atoms with E-state index in [-0.39, 0.29) is 23.5 Å². The van der Waals surface area contributed by atoms with Gasteiger partial charge in [-0.15, -0.1) is 0 Å². The average Bonchev–Trinajstić information content (AvgIpc) is 3.36. The predicted molar refractivity (Wildman–Crippen MR) is 127 cm³/mol. The molecular formula is C24H25N3O7S. The van der Waals surface area contributed by atoms with Crippen LogP contribution in [0.15, 0.2) is 76.2 Å². The topological polar surface area (TPSA) is 135 Å². The second-order valence-corrected chi connectivity index (χ2v) is 9.20. The van der Waals surface area contributed by atoms with Crippen LogP contribution in [0.1, 0.15) is 28.6 Å². The van der Waals surface area contributed by atoms with Gasteiger partial charge in [0.2, 0.25) is 0 Å². The van der Waals surface area contributed by atoms with Gasteiger partial charge in [-0.25, -0.2) is 18.0 Å². The lowest BCUT2D eigenvalue weighted by atomic mass is 10.1. The van der Waals surface area contributed by atoms with Crippen LogP contribution in [0.4, 0.5) is 10.5 Å². The van der Waals surface area contributed by atoms with Gasteiger partial charge in [-0.1, -0.05) is 24.3 Å². The Balaban J connectivity index is 1.64. The zero-order valence-corrected chi connectivity index (χ0v) is 20.0. The summed E-state index contributed by atoms with van der Waals surface area (Å²) in [6.07, 6.45) is 1.45. The van der Waals surface area contributed by atoms with Crippen molar-refractivity contribution < 1.29 is 32.0 Å². The maximum atomic E-state index is 13.4. The fourth-order valence-corrected chi connectivity index (χ4v) is 4.94. The first-order valence-corrected chi connectivity index (χ1v) is 12.1. The summed E-state index contributed by atoms with van der Waals surface area (Å²) in [6.45, 7) is 2.86. The molecule has 0 radical (unpaired) electrons. The van der Waals surface area contributed by atoms with E-state index in [0.717, 1.165) is 0 Å². The molecule has 0 fully saturated rings. The second kappa shape index (κ2) is 11.3. The minimum atomic E-state index is -3.98. The number of rotatable bonds is 9. The molecule has 2 N–H and O–H groups in total. The van der Waals surface area contributed by atoms with Crippen LogP contribution < -0.4 is 14.9 Å². The molecule has 35 heavy (non-hydrogen) atoms. The number of nitrogens with zero attached hydrogens (tertiary/aromatic N) is 1. The number of para-hydroxylation sites is 1. The smallest absolute Gasteiger partial charge is 0.338 e. The number of benzene rings is 2. The molecule has 0 aliphatic heterocycles. The molecular weight excluding hydrogens is 474 g/mol. The van der Waals surface area contributed by atoms with Crippen molar-refractivity contribution >= 4 is 33.6 Å². The second-order valence-electron chi connectivity index (χ2n) is 7.37. The monoisotopic (exact) mass is 499 g/mol. The van der Waals surface area contributed by atoms with Crippen LogP contribution in [0.3, 0.4) is 0 Å². The Bertz CT molecular complexity index is 1290. The molecule has 0 aliphatic carbocycles.